The van der Waals surface area contributed by atoms with E-state index in [1.165, 1.54) is 29.3 Å². The molecule has 2 saturated heterocycles. The molecular weight excluding hydrogens is 326 g/mol. The Labute approximate surface area is 136 Å². The fraction of sp³-hybridized carbons (Fsp3) is 0.667. The Kier molecular flexibility index (Phi) is 4.72. The predicted octanol–water partition coefficient (Wildman–Crippen LogP) is 4.35. The lowest BCUT2D eigenvalue weighted by molar-refractivity contribution is -0.0863. The smallest absolute Gasteiger partial charge is 0.0603 e. The molecule has 2 aliphatic rings. The zero-order chi connectivity index (χ0) is 14.9. The number of benzene rings is 1. The molecule has 1 aromatic carbocycles. The fourth-order valence-corrected chi connectivity index (χ4v) is 4.68. The second-order valence-electron chi connectivity index (χ2n) is 7.00. The molecule has 3 heteroatoms. The van der Waals surface area contributed by atoms with E-state index in [1.54, 1.807) is 0 Å². The third-order valence-corrected chi connectivity index (χ3v) is 6.17. The van der Waals surface area contributed by atoms with Crippen molar-refractivity contribution in [1.29, 1.82) is 0 Å². The van der Waals surface area contributed by atoms with E-state index in [9.17, 15) is 0 Å². The predicted molar refractivity (Wildman–Crippen MR) is 90.6 cm³/mol. The van der Waals surface area contributed by atoms with Crippen molar-refractivity contribution in [1.82, 2.24) is 5.32 Å². The molecule has 1 N–H and O–H groups in total. The third kappa shape index (κ3) is 3.06. The number of hydrogen-bond acceptors (Lipinski definition) is 2. The topological polar surface area (TPSA) is 21.3 Å². The van der Waals surface area contributed by atoms with Crippen LogP contribution in [-0.2, 0) is 4.74 Å². The minimum Gasteiger partial charge on any atom is -0.378 e. The molecule has 1 aromatic rings. The second kappa shape index (κ2) is 6.39. The Bertz CT molecular complexity index is 486. The lowest BCUT2D eigenvalue weighted by atomic mass is 9.61. The summed E-state index contributed by atoms with van der Waals surface area (Å²) in [6.07, 6.45) is 4.09. The largest absolute Gasteiger partial charge is 0.378 e. The molecule has 3 atom stereocenters. The number of hydrogen-bond donors (Lipinski definition) is 1. The van der Waals surface area contributed by atoms with Crippen LogP contribution in [0.1, 0.15) is 44.6 Å². The Morgan fingerprint density at radius 2 is 2.10 bits per heavy atom. The van der Waals surface area contributed by atoms with Crippen molar-refractivity contribution in [2.45, 2.75) is 45.1 Å². The SMILES string of the molecule is CC(C)C1CC2(CCNCC2c2ccccc2Br)CCO1. The summed E-state index contributed by atoms with van der Waals surface area (Å²) in [5, 5.41) is 3.61. The van der Waals surface area contributed by atoms with Gasteiger partial charge in [-0.25, -0.2) is 0 Å². The highest BCUT2D eigenvalue weighted by Crippen LogP contribution is 2.51. The van der Waals surface area contributed by atoms with E-state index in [0.29, 0.717) is 23.4 Å². The average Bonchev–Trinajstić information content (AvgIpc) is 2.49. The fourth-order valence-electron chi connectivity index (χ4n) is 4.12. The Balaban J connectivity index is 1.92. The summed E-state index contributed by atoms with van der Waals surface area (Å²) in [6.45, 7) is 7.74. The molecule has 0 aromatic heterocycles. The molecule has 0 radical (unpaired) electrons. The van der Waals surface area contributed by atoms with Gasteiger partial charge in [-0.15, -0.1) is 0 Å². The summed E-state index contributed by atoms with van der Waals surface area (Å²) >= 11 is 3.77. The normalized spacial score (nSPS) is 33.5. The van der Waals surface area contributed by atoms with Crippen LogP contribution in [0, 0.1) is 11.3 Å². The van der Waals surface area contributed by atoms with Crippen molar-refractivity contribution < 1.29 is 4.74 Å². The molecule has 0 amide bonds. The summed E-state index contributed by atoms with van der Waals surface area (Å²) in [4.78, 5) is 0. The number of ether oxygens (including phenoxy) is 1. The van der Waals surface area contributed by atoms with Gasteiger partial charge in [-0.05, 0) is 48.8 Å². The van der Waals surface area contributed by atoms with Crippen LogP contribution < -0.4 is 5.32 Å². The van der Waals surface area contributed by atoms with Gasteiger partial charge in [-0.3, -0.25) is 0 Å². The van der Waals surface area contributed by atoms with Gasteiger partial charge in [0.05, 0.1) is 6.10 Å². The van der Waals surface area contributed by atoms with Crippen LogP contribution in [0.25, 0.3) is 0 Å². The molecule has 2 nitrogen and oxygen atoms in total. The maximum atomic E-state index is 6.05. The van der Waals surface area contributed by atoms with Crippen LogP contribution in [-0.4, -0.2) is 25.8 Å². The van der Waals surface area contributed by atoms with Gasteiger partial charge in [0, 0.05) is 23.5 Å². The van der Waals surface area contributed by atoms with E-state index in [2.05, 4.69) is 59.4 Å². The molecule has 3 unspecified atom stereocenters. The van der Waals surface area contributed by atoms with Gasteiger partial charge in [0.15, 0.2) is 0 Å². The van der Waals surface area contributed by atoms with Gasteiger partial charge in [0.1, 0.15) is 0 Å². The molecule has 2 heterocycles. The summed E-state index contributed by atoms with van der Waals surface area (Å²) in [6, 6.07) is 8.75. The Morgan fingerprint density at radius 3 is 2.86 bits per heavy atom. The minimum atomic E-state index is 0.405. The summed E-state index contributed by atoms with van der Waals surface area (Å²) in [5.74, 6) is 1.20. The van der Waals surface area contributed by atoms with Crippen molar-refractivity contribution in [3.63, 3.8) is 0 Å². The minimum absolute atomic E-state index is 0.405. The van der Waals surface area contributed by atoms with Crippen LogP contribution in [0.2, 0.25) is 0 Å². The molecule has 2 fully saturated rings. The zero-order valence-corrected chi connectivity index (χ0v) is 14.7. The van der Waals surface area contributed by atoms with Gasteiger partial charge in [0.2, 0.25) is 0 Å². The van der Waals surface area contributed by atoms with Crippen molar-refractivity contribution in [3.05, 3.63) is 34.3 Å². The second-order valence-corrected chi connectivity index (χ2v) is 7.85. The van der Waals surface area contributed by atoms with E-state index in [4.69, 9.17) is 4.74 Å². The summed E-state index contributed by atoms with van der Waals surface area (Å²) in [7, 11) is 0. The van der Waals surface area contributed by atoms with E-state index >= 15 is 0 Å². The van der Waals surface area contributed by atoms with Gasteiger partial charge in [0.25, 0.3) is 0 Å². The molecule has 116 valence electrons. The van der Waals surface area contributed by atoms with Crippen LogP contribution in [0.5, 0.6) is 0 Å². The van der Waals surface area contributed by atoms with Crippen LogP contribution in [0.3, 0.4) is 0 Å². The van der Waals surface area contributed by atoms with Crippen LogP contribution >= 0.6 is 15.9 Å². The zero-order valence-electron chi connectivity index (χ0n) is 13.1. The lowest BCUT2D eigenvalue weighted by Gasteiger charge is -2.50. The highest BCUT2D eigenvalue weighted by atomic mass is 79.9. The van der Waals surface area contributed by atoms with Crippen molar-refractivity contribution in [3.8, 4) is 0 Å². The van der Waals surface area contributed by atoms with Gasteiger partial charge in [-0.1, -0.05) is 48.0 Å². The molecule has 1 spiro atoms. The number of rotatable bonds is 2. The molecule has 21 heavy (non-hydrogen) atoms. The van der Waals surface area contributed by atoms with Gasteiger partial charge < -0.3 is 10.1 Å². The molecule has 2 aliphatic heterocycles. The molecular formula is C18H26BrNO. The first-order valence-electron chi connectivity index (χ1n) is 8.19. The number of piperidine rings is 1. The first-order chi connectivity index (χ1) is 10.1. The van der Waals surface area contributed by atoms with Crippen LogP contribution in [0.15, 0.2) is 28.7 Å². The van der Waals surface area contributed by atoms with Crippen molar-refractivity contribution >= 4 is 15.9 Å². The average molecular weight is 352 g/mol. The van der Waals surface area contributed by atoms with Gasteiger partial charge >= 0.3 is 0 Å². The summed E-state index contributed by atoms with van der Waals surface area (Å²) in [5.41, 5.74) is 1.87. The molecule has 0 bridgehead atoms. The maximum absolute atomic E-state index is 6.05. The number of halogens is 1. The quantitative estimate of drug-likeness (QED) is 0.855. The Morgan fingerprint density at radius 1 is 1.29 bits per heavy atom. The lowest BCUT2D eigenvalue weighted by Crippen LogP contribution is -2.49. The third-order valence-electron chi connectivity index (χ3n) is 5.45. The van der Waals surface area contributed by atoms with Crippen molar-refractivity contribution in [2.24, 2.45) is 11.3 Å². The molecule has 0 aliphatic carbocycles. The molecule has 3 rings (SSSR count). The Hall–Kier alpha value is -0.380. The molecule has 0 saturated carbocycles. The van der Waals surface area contributed by atoms with E-state index in [-0.39, 0.29) is 0 Å². The van der Waals surface area contributed by atoms with Gasteiger partial charge in [-0.2, -0.15) is 0 Å². The summed E-state index contributed by atoms with van der Waals surface area (Å²) < 4.78 is 7.30. The van der Waals surface area contributed by atoms with E-state index in [1.807, 2.05) is 0 Å². The highest BCUT2D eigenvalue weighted by Gasteiger charge is 2.46. The van der Waals surface area contributed by atoms with Crippen LogP contribution in [0.4, 0.5) is 0 Å². The van der Waals surface area contributed by atoms with E-state index < -0.39 is 0 Å². The first kappa shape index (κ1) is 15.5. The monoisotopic (exact) mass is 351 g/mol. The highest BCUT2D eigenvalue weighted by molar-refractivity contribution is 9.10. The number of nitrogens with one attached hydrogen (secondary N) is 1. The van der Waals surface area contributed by atoms with Crippen molar-refractivity contribution in [2.75, 3.05) is 19.7 Å². The first-order valence-corrected chi connectivity index (χ1v) is 8.98. The standard InChI is InChI=1S/C18H26BrNO/c1-13(2)17-11-18(8-10-21-17)7-9-20-12-15(18)14-5-3-4-6-16(14)19/h3-6,13,15,17,20H,7-12H2,1-2H3. The van der Waals surface area contributed by atoms with E-state index in [0.717, 1.165) is 19.7 Å². The maximum Gasteiger partial charge on any atom is 0.0603 e.